The van der Waals surface area contributed by atoms with E-state index in [0.717, 1.165) is 16.7 Å². The summed E-state index contributed by atoms with van der Waals surface area (Å²) in [5.74, 6) is -5.14. The van der Waals surface area contributed by atoms with E-state index in [1.807, 2.05) is 84.9 Å². The minimum atomic E-state index is -1.78. The van der Waals surface area contributed by atoms with Gasteiger partial charge in [-0.15, -0.1) is 0 Å². The van der Waals surface area contributed by atoms with Gasteiger partial charge in [-0.25, -0.2) is 4.79 Å². The second-order valence-corrected chi connectivity index (χ2v) is 14.7. The summed E-state index contributed by atoms with van der Waals surface area (Å²) < 4.78 is 0. The number of fused-ring (bicyclic) bond motifs is 18. The summed E-state index contributed by atoms with van der Waals surface area (Å²) in [5, 5.41) is 34.3. The number of nitrogens with one attached hydrogen (secondary N) is 5. The molecule has 7 rings (SSSR count). The first-order chi connectivity index (χ1) is 29.0. The molecule has 2 aliphatic rings. The van der Waals surface area contributed by atoms with Gasteiger partial charge < -0.3 is 36.8 Å². The third kappa shape index (κ3) is 12.2. The van der Waals surface area contributed by atoms with Gasteiger partial charge in [0.25, 0.3) is 5.91 Å². The summed E-state index contributed by atoms with van der Waals surface area (Å²) in [5.41, 5.74) is 4.96. The van der Waals surface area contributed by atoms with Crippen molar-refractivity contribution < 1.29 is 39.0 Å². The van der Waals surface area contributed by atoms with E-state index in [0.29, 0.717) is 23.1 Å². The van der Waals surface area contributed by atoms with E-state index in [1.165, 1.54) is 12.1 Å². The van der Waals surface area contributed by atoms with Crippen LogP contribution in [-0.2, 0) is 54.5 Å². The molecule has 308 valence electrons. The molecule has 0 saturated carbocycles. The molecule has 13 nitrogen and oxygen atoms in total. The highest BCUT2D eigenvalue weighted by Gasteiger charge is 2.32. The first kappa shape index (κ1) is 42.5. The molecule has 0 unspecified atom stereocenters. The van der Waals surface area contributed by atoms with Crippen LogP contribution in [0.2, 0.25) is 0 Å². The fourth-order valence-corrected chi connectivity index (χ4v) is 6.92. The number of amides is 5. The Hall–Kier alpha value is -7.12. The number of anilines is 1. The van der Waals surface area contributed by atoms with E-state index in [9.17, 15) is 39.0 Å². The van der Waals surface area contributed by atoms with Crippen LogP contribution in [0.15, 0.2) is 140 Å². The van der Waals surface area contributed by atoms with Crippen LogP contribution in [0.5, 0.6) is 0 Å². The largest absolute Gasteiger partial charge is 0.480 e. The molecule has 0 radical (unpaired) electrons. The topological polar surface area (TPSA) is 203 Å². The van der Waals surface area contributed by atoms with Crippen molar-refractivity contribution in [2.24, 2.45) is 0 Å². The van der Waals surface area contributed by atoms with E-state index >= 15 is 0 Å². The van der Waals surface area contributed by atoms with Gasteiger partial charge in [0, 0.05) is 24.9 Å². The summed E-state index contributed by atoms with van der Waals surface area (Å²) in [6.45, 7) is 0. The fraction of sp³-hybridized carbons (Fsp3) is 0.234. The first-order valence-corrected chi connectivity index (χ1v) is 19.7. The summed E-state index contributed by atoms with van der Waals surface area (Å²) in [6, 6.07) is 36.4. The number of aryl methyl sites for hydroxylation is 1. The third-order valence-electron chi connectivity index (χ3n) is 10.2. The number of aliphatic hydroxyl groups is 1. The normalized spacial score (nSPS) is 20.7. The SMILES string of the molecule is O=C1C[C@@H](O)C(=O)Nc2ccc(cc2)C[C@@H](C(=O)O)NC(=O)[C@@H](CCc2ccccc2)NC(=O)[C@H](Cc2ccc(-c3ccccc3)cc2)NC(=O)[C@@H](Cc2ccccc2)N1. The quantitative estimate of drug-likeness (QED) is 0.109. The van der Waals surface area contributed by atoms with Crippen molar-refractivity contribution in [2.45, 2.75) is 68.8 Å². The van der Waals surface area contributed by atoms with Crippen LogP contribution in [0.25, 0.3) is 11.1 Å². The second-order valence-electron chi connectivity index (χ2n) is 14.7. The van der Waals surface area contributed by atoms with E-state index in [4.69, 9.17) is 0 Å². The Bertz CT molecular complexity index is 2250. The summed E-state index contributed by atoms with van der Waals surface area (Å²) in [7, 11) is 0. The average Bonchev–Trinajstić information content (AvgIpc) is 3.25. The average molecular weight is 810 g/mol. The molecule has 5 atom stereocenters. The summed E-state index contributed by atoms with van der Waals surface area (Å²) in [4.78, 5) is 81.5. The molecule has 7 N–H and O–H groups in total. The number of benzene rings is 5. The van der Waals surface area contributed by atoms with Crippen LogP contribution >= 0.6 is 0 Å². The third-order valence-corrected chi connectivity index (χ3v) is 10.2. The molecule has 60 heavy (non-hydrogen) atoms. The van der Waals surface area contributed by atoms with Gasteiger partial charge in [0.1, 0.15) is 30.3 Å². The Morgan fingerprint density at radius 1 is 0.517 bits per heavy atom. The van der Waals surface area contributed by atoms with Crippen molar-refractivity contribution in [2.75, 3.05) is 5.32 Å². The zero-order valence-corrected chi connectivity index (χ0v) is 32.8. The van der Waals surface area contributed by atoms with Crippen LogP contribution in [0.4, 0.5) is 5.69 Å². The number of carboxylic acid groups (broad SMARTS) is 1. The lowest BCUT2D eigenvalue weighted by Crippen LogP contribution is -2.58. The lowest BCUT2D eigenvalue weighted by Gasteiger charge is -2.26. The van der Waals surface area contributed by atoms with E-state index < -0.39 is 72.2 Å². The van der Waals surface area contributed by atoms with Gasteiger partial charge in [-0.05, 0) is 58.4 Å². The Kier molecular flexibility index (Phi) is 14.5. The number of carbonyl (C=O) groups is 6. The zero-order valence-electron chi connectivity index (χ0n) is 32.8. The fourth-order valence-electron chi connectivity index (χ4n) is 6.92. The molecule has 0 aromatic heterocycles. The molecule has 2 bridgehead atoms. The molecule has 0 saturated heterocycles. The minimum Gasteiger partial charge on any atom is -0.480 e. The van der Waals surface area contributed by atoms with Gasteiger partial charge in [-0.2, -0.15) is 0 Å². The summed E-state index contributed by atoms with van der Waals surface area (Å²) in [6.07, 6.45) is -2.13. The van der Waals surface area contributed by atoms with Crippen molar-refractivity contribution >= 4 is 41.2 Å². The van der Waals surface area contributed by atoms with Gasteiger partial charge in [-0.1, -0.05) is 127 Å². The maximum Gasteiger partial charge on any atom is 0.326 e. The van der Waals surface area contributed by atoms with Gasteiger partial charge in [0.15, 0.2) is 0 Å². The molecular weight excluding hydrogens is 763 g/mol. The monoisotopic (exact) mass is 809 g/mol. The number of rotatable bonds is 9. The number of aliphatic carboxylic acids is 1. The standard InChI is InChI=1S/C47H47N5O8/c53-41-29-42(54)49-38(26-31-12-6-2-7-13-31)44(56)51-39(27-32-16-21-35(22-17-32)34-14-8-3-9-15-34)45(57)50-37(25-20-30-10-4-1-5-11-30)43(55)52-40(47(59)60)28-33-18-23-36(24-19-33)48-46(41)58/h1-19,21-24,37-41,53H,20,25-29H2,(H,48,58)(H,49,54)(H,50,57)(H,51,56)(H,52,55)(H,59,60)/t37-,38-,39+,40+,41-/m1/s1. The molecule has 0 fully saturated rings. The smallest absolute Gasteiger partial charge is 0.326 e. The van der Waals surface area contributed by atoms with Crippen molar-refractivity contribution in [3.05, 3.63) is 162 Å². The molecule has 5 aromatic carbocycles. The Balaban J connectivity index is 1.35. The number of aliphatic hydroxyl groups excluding tert-OH is 1. The molecular formula is C47H47N5O8. The maximum atomic E-state index is 14.5. The highest BCUT2D eigenvalue weighted by atomic mass is 16.4. The summed E-state index contributed by atoms with van der Waals surface area (Å²) >= 11 is 0. The molecule has 2 heterocycles. The zero-order chi connectivity index (χ0) is 42.4. The van der Waals surface area contributed by atoms with Gasteiger partial charge >= 0.3 is 5.97 Å². The molecule has 13 heteroatoms. The molecule has 5 amide bonds. The maximum absolute atomic E-state index is 14.5. The number of hydrogen-bond donors (Lipinski definition) is 7. The van der Waals surface area contributed by atoms with Gasteiger partial charge in [-0.3, -0.25) is 24.0 Å². The van der Waals surface area contributed by atoms with Gasteiger partial charge in [0.05, 0.1) is 6.42 Å². The van der Waals surface area contributed by atoms with Crippen LogP contribution in [0.3, 0.4) is 0 Å². The number of carbonyl (C=O) groups excluding carboxylic acids is 5. The van der Waals surface area contributed by atoms with Crippen molar-refractivity contribution in [1.82, 2.24) is 21.3 Å². The van der Waals surface area contributed by atoms with Crippen molar-refractivity contribution in [3.8, 4) is 11.1 Å². The molecule has 2 aliphatic heterocycles. The van der Waals surface area contributed by atoms with E-state index in [1.54, 1.807) is 42.5 Å². The highest BCUT2D eigenvalue weighted by Crippen LogP contribution is 2.20. The first-order valence-electron chi connectivity index (χ1n) is 19.7. The van der Waals surface area contributed by atoms with Gasteiger partial charge in [0.2, 0.25) is 23.6 Å². The number of hydrogen-bond acceptors (Lipinski definition) is 7. The Morgan fingerprint density at radius 3 is 1.62 bits per heavy atom. The molecule has 5 aromatic rings. The van der Waals surface area contributed by atoms with E-state index in [2.05, 4.69) is 26.6 Å². The lowest BCUT2D eigenvalue weighted by molar-refractivity contribution is -0.142. The Morgan fingerprint density at radius 2 is 1.02 bits per heavy atom. The van der Waals surface area contributed by atoms with Crippen molar-refractivity contribution in [3.63, 3.8) is 0 Å². The minimum absolute atomic E-state index is 0.00580. The van der Waals surface area contributed by atoms with Crippen LogP contribution in [0, 0.1) is 0 Å². The van der Waals surface area contributed by atoms with Crippen LogP contribution in [-0.4, -0.2) is 76.0 Å². The number of carboxylic acids is 1. The Labute approximate surface area is 347 Å². The second kappa shape index (κ2) is 20.5. The molecule has 0 aliphatic carbocycles. The predicted octanol–water partition coefficient (Wildman–Crippen LogP) is 3.74. The lowest BCUT2D eigenvalue weighted by atomic mass is 9.98. The predicted molar refractivity (Wildman–Crippen MR) is 225 cm³/mol. The van der Waals surface area contributed by atoms with Crippen LogP contribution in [0.1, 0.15) is 35.1 Å². The molecule has 0 spiro atoms. The van der Waals surface area contributed by atoms with Crippen LogP contribution < -0.4 is 26.6 Å². The highest BCUT2D eigenvalue weighted by molar-refractivity contribution is 5.98. The van der Waals surface area contributed by atoms with E-state index in [-0.39, 0.29) is 31.4 Å². The van der Waals surface area contributed by atoms with Crippen molar-refractivity contribution in [1.29, 1.82) is 0 Å².